The number of halogens is 1. The van der Waals surface area contributed by atoms with Gasteiger partial charge in [-0.1, -0.05) is 23.7 Å². The molecule has 3 aromatic rings. The van der Waals surface area contributed by atoms with Gasteiger partial charge in [-0.05, 0) is 48.9 Å². The number of benzene rings is 1. The lowest BCUT2D eigenvalue weighted by Gasteiger charge is -2.13. The molecule has 0 radical (unpaired) electrons. The molecule has 0 saturated heterocycles. The fraction of sp³-hybridized carbons (Fsp3) is 0.111. The van der Waals surface area contributed by atoms with Gasteiger partial charge in [0.05, 0.1) is 22.2 Å². The summed E-state index contributed by atoms with van der Waals surface area (Å²) in [7, 11) is 0. The van der Waals surface area contributed by atoms with Crippen molar-refractivity contribution in [2.75, 3.05) is 5.32 Å². The summed E-state index contributed by atoms with van der Waals surface area (Å²) in [4.78, 5) is 24.8. The number of thiophene rings is 1. The van der Waals surface area contributed by atoms with E-state index in [1.165, 1.54) is 17.6 Å². The number of carbonyl (C=O) groups is 2. The molecule has 25 heavy (non-hydrogen) atoms. The fourth-order valence-electron chi connectivity index (χ4n) is 2.21. The molecule has 2 N–H and O–H groups in total. The van der Waals surface area contributed by atoms with Crippen LogP contribution in [0.5, 0.6) is 0 Å². The Hall–Kier alpha value is -2.57. The Morgan fingerprint density at radius 1 is 1.08 bits per heavy atom. The smallest absolute Gasteiger partial charge is 0.291 e. The van der Waals surface area contributed by atoms with Gasteiger partial charge in [-0.2, -0.15) is 0 Å². The zero-order chi connectivity index (χ0) is 17.8. The number of hydrogen-bond donors (Lipinski definition) is 2. The Bertz CT molecular complexity index is 872. The minimum Gasteiger partial charge on any atom is -0.459 e. The largest absolute Gasteiger partial charge is 0.459 e. The van der Waals surface area contributed by atoms with Crippen molar-refractivity contribution in [3.8, 4) is 0 Å². The van der Waals surface area contributed by atoms with E-state index in [1.54, 1.807) is 36.4 Å². The predicted octanol–water partition coefficient (Wildman–Crippen LogP) is 4.74. The van der Waals surface area contributed by atoms with Crippen LogP contribution >= 0.6 is 22.9 Å². The topological polar surface area (TPSA) is 71.3 Å². The van der Waals surface area contributed by atoms with E-state index in [0.29, 0.717) is 14.9 Å². The van der Waals surface area contributed by atoms with E-state index in [2.05, 4.69) is 10.6 Å². The summed E-state index contributed by atoms with van der Waals surface area (Å²) >= 11 is 7.07. The summed E-state index contributed by atoms with van der Waals surface area (Å²) in [6.07, 6.45) is 1.43. The minimum atomic E-state index is -0.353. The van der Waals surface area contributed by atoms with E-state index < -0.39 is 0 Å². The van der Waals surface area contributed by atoms with Gasteiger partial charge in [0, 0.05) is 5.02 Å². The van der Waals surface area contributed by atoms with Crippen molar-refractivity contribution in [2.24, 2.45) is 0 Å². The van der Waals surface area contributed by atoms with Crippen LogP contribution in [0.1, 0.15) is 38.8 Å². The van der Waals surface area contributed by atoms with Crippen LogP contribution in [0.2, 0.25) is 5.02 Å². The number of nitrogens with one attached hydrogen (secondary N) is 2. The highest BCUT2D eigenvalue weighted by molar-refractivity contribution is 7.18. The van der Waals surface area contributed by atoms with Crippen LogP contribution in [-0.2, 0) is 0 Å². The SMILES string of the molecule is CC(NC(=O)c1ccc(NC(=O)c2ccco2)s1)c1ccc(Cl)cc1. The Morgan fingerprint density at radius 3 is 2.52 bits per heavy atom. The molecule has 0 aliphatic carbocycles. The Balaban J connectivity index is 1.62. The van der Waals surface area contributed by atoms with Gasteiger partial charge in [0.15, 0.2) is 5.76 Å². The fourth-order valence-corrected chi connectivity index (χ4v) is 3.14. The normalized spacial score (nSPS) is 11.8. The second-order valence-electron chi connectivity index (χ2n) is 5.34. The Labute approximate surface area is 153 Å². The summed E-state index contributed by atoms with van der Waals surface area (Å²) in [6, 6.07) is 13.7. The molecule has 5 nitrogen and oxygen atoms in total. The number of carbonyl (C=O) groups excluding carboxylic acids is 2. The lowest BCUT2D eigenvalue weighted by atomic mass is 10.1. The van der Waals surface area contributed by atoms with Crippen molar-refractivity contribution >= 4 is 39.8 Å². The molecule has 0 spiro atoms. The average Bonchev–Trinajstić information content (AvgIpc) is 3.27. The second kappa shape index (κ2) is 7.55. The molecule has 0 aliphatic heterocycles. The van der Waals surface area contributed by atoms with Gasteiger partial charge in [0.1, 0.15) is 0 Å². The summed E-state index contributed by atoms with van der Waals surface area (Å²) in [5.41, 5.74) is 0.959. The summed E-state index contributed by atoms with van der Waals surface area (Å²) in [5, 5.41) is 6.85. The van der Waals surface area contributed by atoms with Crippen LogP contribution in [-0.4, -0.2) is 11.8 Å². The first-order valence-electron chi connectivity index (χ1n) is 7.54. The zero-order valence-electron chi connectivity index (χ0n) is 13.3. The van der Waals surface area contributed by atoms with Crippen LogP contribution < -0.4 is 10.6 Å². The van der Waals surface area contributed by atoms with Crippen LogP contribution in [0.3, 0.4) is 0 Å². The third kappa shape index (κ3) is 4.29. The maximum atomic E-state index is 12.4. The standard InChI is InChI=1S/C18H15ClN2O3S/c1-11(12-4-6-13(19)7-5-12)20-18(23)15-8-9-16(25-15)21-17(22)14-3-2-10-24-14/h2-11H,1H3,(H,20,23)(H,21,22). The third-order valence-corrected chi connectivity index (χ3v) is 4.78. The van der Waals surface area contributed by atoms with Crippen LogP contribution in [0.4, 0.5) is 5.00 Å². The molecule has 2 heterocycles. The van der Waals surface area contributed by atoms with Gasteiger partial charge in [-0.25, -0.2) is 0 Å². The molecule has 1 aromatic carbocycles. The molecular formula is C18H15ClN2O3S. The first-order valence-corrected chi connectivity index (χ1v) is 8.73. The van der Waals surface area contributed by atoms with Crippen LogP contribution in [0.25, 0.3) is 0 Å². The number of furan rings is 1. The van der Waals surface area contributed by atoms with Crippen molar-refractivity contribution in [1.82, 2.24) is 5.32 Å². The molecule has 7 heteroatoms. The molecule has 3 rings (SSSR count). The number of hydrogen-bond acceptors (Lipinski definition) is 4. The molecule has 1 atom stereocenters. The van der Waals surface area contributed by atoms with Crippen molar-refractivity contribution in [2.45, 2.75) is 13.0 Å². The lowest BCUT2D eigenvalue weighted by Crippen LogP contribution is -2.25. The van der Waals surface area contributed by atoms with Crippen molar-refractivity contribution in [3.05, 3.63) is 76.0 Å². The minimum absolute atomic E-state index is 0.159. The van der Waals surface area contributed by atoms with Gasteiger partial charge in [0.25, 0.3) is 11.8 Å². The van der Waals surface area contributed by atoms with E-state index in [0.717, 1.165) is 5.56 Å². The van der Waals surface area contributed by atoms with Gasteiger partial charge in [-0.15, -0.1) is 11.3 Å². The van der Waals surface area contributed by atoms with Gasteiger partial charge in [-0.3, -0.25) is 9.59 Å². The van der Waals surface area contributed by atoms with E-state index in [-0.39, 0.29) is 23.6 Å². The van der Waals surface area contributed by atoms with Crippen molar-refractivity contribution in [3.63, 3.8) is 0 Å². The summed E-state index contributed by atoms with van der Waals surface area (Å²) in [6.45, 7) is 1.90. The molecule has 0 fully saturated rings. The summed E-state index contributed by atoms with van der Waals surface area (Å²) < 4.78 is 5.04. The van der Waals surface area contributed by atoms with Crippen LogP contribution in [0, 0.1) is 0 Å². The monoisotopic (exact) mass is 374 g/mol. The van der Waals surface area contributed by atoms with Crippen LogP contribution in [0.15, 0.2) is 59.2 Å². The first kappa shape index (κ1) is 17.3. The van der Waals surface area contributed by atoms with E-state index in [4.69, 9.17) is 16.0 Å². The molecule has 1 unspecified atom stereocenters. The van der Waals surface area contributed by atoms with Crippen molar-refractivity contribution < 1.29 is 14.0 Å². The van der Waals surface area contributed by atoms with Gasteiger partial charge >= 0.3 is 0 Å². The number of amides is 2. The molecule has 2 amide bonds. The van der Waals surface area contributed by atoms with Crippen molar-refractivity contribution in [1.29, 1.82) is 0 Å². The maximum Gasteiger partial charge on any atom is 0.291 e. The molecular weight excluding hydrogens is 360 g/mol. The first-order chi connectivity index (χ1) is 12.0. The highest BCUT2D eigenvalue weighted by atomic mass is 35.5. The number of anilines is 1. The highest BCUT2D eigenvalue weighted by Gasteiger charge is 2.15. The zero-order valence-corrected chi connectivity index (χ0v) is 14.9. The van der Waals surface area contributed by atoms with E-state index >= 15 is 0 Å². The molecule has 2 aromatic heterocycles. The van der Waals surface area contributed by atoms with Gasteiger partial charge < -0.3 is 15.1 Å². The lowest BCUT2D eigenvalue weighted by molar-refractivity contribution is 0.0942. The average molecular weight is 375 g/mol. The number of rotatable bonds is 5. The Morgan fingerprint density at radius 2 is 1.84 bits per heavy atom. The highest BCUT2D eigenvalue weighted by Crippen LogP contribution is 2.24. The van der Waals surface area contributed by atoms with E-state index in [9.17, 15) is 9.59 Å². The third-order valence-electron chi connectivity index (χ3n) is 3.53. The molecule has 0 bridgehead atoms. The summed E-state index contributed by atoms with van der Waals surface area (Å²) in [5.74, 6) is -0.338. The van der Waals surface area contributed by atoms with E-state index in [1.807, 2.05) is 19.1 Å². The quantitative estimate of drug-likeness (QED) is 0.677. The molecule has 0 saturated carbocycles. The predicted molar refractivity (Wildman–Crippen MR) is 98.3 cm³/mol. The Kier molecular flexibility index (Phi) is 5.21. The molecule has 0 aliphatic rings. The maximum absolute atomic E-state index is 12.4. The van der Waals surface area contributed by atoms with Gasteiger partial charge in [0.2, 0.25) is 0 Å². The molecule has 128 valence electrons. The second-order valence-corrected chi connectivity index (χ2v) is 6.86.